The largest absolute Gasteiger partial charge is 0.502 e. The number of hydrogen-bond donors (Lipinski definition) is 1. The van der Waals surface area contributed by atoms with Gasteiger partial charge in [0.2, 0.25) is 11.2 Å². The lowest BCUT2D eigenvalue weighted by molar-refractivity contribution is 0.00206. The Kier molecular flexibility index (Phi) is 8.32. The summed E-state index contributed by atoms with van der Waals surface area (Å²) in [5.74, 6) is -0.226. The predicted octanol–water partition coefficient (Wildman–Crippen LogP) is 3.05. The molecule has 0 bridgehead atoms. The van der Waals surface area contributed by atoms with E-state index in [1.807, 2.05) is 24.3 Å². The summed E-state index contributed by atoms with van der Waals surface area (Å²) in [5.41, 5.74) is 1.60. The number of ether oxygens (including phenoxy) is 4. The van der Waals surface area contributed by atoms with Crippen LogP contribution in [0.3, 0.4) is 0 Å². The van der Waals surface area contributed by atoms with Gasteiger partial charge in [0.25, 0.3) is 0 Å². The first kappa shape index (κ1) is 23.3. The first-order chi connectivity index (χ1) is 16.2. The van der Waals surface area contributed by atoms with Gasteiger partial charge in [-0.15, -0.1) is 0 Å². The fourth-order valence-electron chi connectivity index (χ4n) is 3.63. The maximum absolute atomic E-state index is 12.5. The average Bonchev–Trinajstić information content (AvgIpc) is 2.86. The van der Waals surface area contributed by atoms with Gasteiger partial charge in [0.1, 0.15) is 5.58 Å². The Morgan fingerprint density at radius 1 is 0.697 bits per heavy atom. The standard InChI is InChI=1S/C25H29NO7/c27-23-21-3-1-2-4-22(21)33-25(24(23)28)19-5-7-20(8-6-19)26-9-11-29-13-15-31-17-18-32-16-14-30-12-10-26/h1-8,28H,9-18H2. The van der Waals surface area contributed by atoms with Gasteiger partial charge in [0.05, 0.1) is 58.2 Å². The number of nitrogens with zero attached hydrogens (tertiary/aromatic N) is 1. The van der Waals surface area contributed by atoms with Gasteiger partial charge in [-0.25, -0.2) is 0 Å². The molecule has 2 aromatic carbocycles. The minimum atomic E-state index is -0.441. The lowest BCUT2D eigenvalue weighted by atomic mass is 10.1. The van der Waals surface area contributed by atoms with E-state index in [4.69, 9.17) is 23.4 Å². The Morgan fingerprint density at radius 3 is 1.85 bits per heavy atom. The van der Waals surface area contributed by atoms with Crippen molar-refractivity contribution in [2.24, 2.45) is 0 Å². The third-order valence-electron chi connectivity index (χ3n) is 5.40. The molecule has 1 aliphatic rings. The van der Waals surface area contributed by atoms with Crippen LogP contribution in [0.15, 0.2) is 57.7 Å². The molecule has 3 aromatic rings. The Hall–Kier alpha value is -2.91. The first-order valence-corrected chi connectivity index (χ1v) is 11.2. The second-order valence-corrected chi connectivity index (χ2v) is 7.59. The van der Waals surface area contributed by atoms with Crippen molar-refractivity contribution < 1.29 is 28.5 Å². The van der Waals surface area contributed by atoms with Gasteiger partial charge < -0.3 is 33.4 Å². The molecule has 1 saturated heterocycles. The molecular formula is C25H29NO7. The van der Waals surface area contributed by atoms with Crippen LogP contribution in [0.5, 0.6) is 5.75 Å². The van der Waals surface area contributed by atoms with E-state index < -0.39 is 5.43 Å². The fraction of sp³-hybridized carbons (Fsp3) is 0.400. The molecule has 1 aliphatic heterocycles. The molecular weight excluding hydrogens is 426 g/mol. The highest BCUT2D eigenvalue weighted by atomic mass is 16.6. The second-order valence-electron chi connectivity index (χ2n) is 7.59. The van der Waals surface area contributed by atoms with E-state index in [9.17, 15) is 9.90 Å². The number of aromatic hydroxyl groups is 1. The van der Waals surface area contributed by atoms with Crippen LogP contribution >= 0.6 is 0 Å². The lowest BCUT2D eigenvalue weighted by Gasteiger charge is -2.25. The molecule has 0 unspecified atom stereocenters. The highest BCUT2D eigenvalue weighted by Crippen LogP contribution is 2.31. The van der Waals surface area contributed by atoms with Gasteiger partial charge in [0, 0.05) is 24.3 Å². The Morgan fingerprint density at radius 2 is 1.24 bits per heavy atom. The van der Waals surface area contributed by atoms with Crippen LogP contribution in [0.1, 0.15) is 0 Å². The molecule has 8 nitrogen and oxygen atoms in total. The van der Waals surface area contributed by atoms with Gasteiger partial charge >= 0.3 is 0 Å². The summed E-state index contributed by atoms with van der Waals surface area (Å²) in [7, 11) is 0. The Bertz CT molecular complexity index is 1060. The minimum absolute atomic E-state index is 0.161. The van der Waals surface area contributed by atoms with Crippen molar-refractivity contribution in [3.63, 3.8) is 0 Å². The summed E-state index contributed by atoms with van der Waals surface area (Å²) in [5, 5.41) is 10.8. The molecule has 8 heteroatoms. The highest BCUT2D eigenvalue weighted by molar-refractivity contribution is 5.81. The third-order valence-corrected chi connectivity index (χ3v) is 5.40. The summed E-state index contributed by atoms with van der Waals surface area (Å²) >= 11 is 0. The summed E-state index contributed by atoms with van der Waals surface area (Å²) in [4.78, 5) is 14.7. The number of benzene rings is 2. The molecule has 0 radical (unpaired) electrons. The number of fused-ring (bicyclic) bond motifs is 1. The zero-order valence-electron chi connectivity index (χ0n) is 18.5. The molecule has 4 rings (SSSR count). The van der Waals surface area contributed by atoms with E-state index in [0.29, 0.717) is 82.5 Å². The molecule has 1 fully saturated rings. The van der Waals surface area contributed by atoms with Crippen LogP contribution in [0.2, 0.25) is 0 Å². The highest BCUT2D eigenvalue weighted by Gasteiger charge is 2.16. The van der Waals surface area contributed by atoms with Gasteiger partial charge in [-0.1, -0.05) is 12.1 Å². The van der Waals surface area contributed by atoms with E-state index in [2.05, 4.69) is 4.90 Å². The second kappa shape index (κ2) is 11.8. The quantitative estimate of drug-likeness (QED) is 0.631. The van der Waals surface area contributed by atoms with Crippen molar-refractivity contribution in [1.82, 2.24) is 0 Å². The fourth-order valence-corrected chi connectivity index (χ4v) is 3.63. The number of rotatable bonds is 2. The van der Waals surface area contributed by atoms with Crippen molar-refractivity contribution in [3.8, 4) is 17.1 Å². The molecule has 0 atom stereocenters. The van der Waals surface area contributed by atoms with Crippen molar-refractivity contribution in [2.45, 2.75) is 0 Å². The zero-order chi connectivity index (χ0) is 22.9. The normalized spacial score (nSPS) is 17.4. The average molecular weight is 456 g/mol. The maximum Gasteiger partial charge on any atom is 0.235 e. The maximum atomic E-state index is 12.5. The zero-order valence-corrected chi connectivity index (χ0v) is 18.5. The van der Waals surface area contributed by atoms with Crippen molar-refractivity contribution in [3.05, 3.63) is 58.8 Å². The van der Waals surface area contributed by atoms with Gasteiger partial charge in [-0.05, 0) is 36.4 Å². The summed E-state index contributed by atoms with van der Waals surface area (Å²) in [6, 6.07) is 14.4. The summed E-state index contributed by atoms with van der Waals surface area (Å²) < 4.78 is 28.2. The topological polar surface area (TPSA) is 90.6 Å². The van der Waals surface area contributed by atoms with Gasteiger partial charge in [-0.3, -0.25) is 4.79 Å². The third kappa shape index (κ3) is 6.11. The molecule has 1 aromatic heterocycles. The lowest BCUT2D eigenvalue weighted by Crippen LogP contribution is -2.31. The van der Waals surface area contributed by atoms with Gasteiger partial charge in [-0.2, -0.15) is 0 Å². The Balaban J connectivity index is 1.50. The molecule has 0 spiro atoms. The van der Waals surface area contributed by atoms with E-state index in [1.165, 1.54) is 0 Å². The smallest absolute Gasteiger partial charge is 0.235 e. The van der Waals surface area contributed by atoms with Crippen LogP contribution in [0.25, 0.3) is 22.3 Å². The van der Waals surface area contributed by atoms with E-state index >= 15 is 0 Å². The van der Waals surface area contributed by atoms with Crippen LogP contribution < -0.4 is 10.3 Å². The summed E-state index contributed by atoms with van der Waals surface area (Å²) in [6.07, 6.45) is 0. The van der Waals surface area contributed by atoms with Crippen LogP contribution in [0, 0.1) is 0 Å². The Labute approximate surface area is 192 Å². The molecule has 1 N–H and O–H groups in total. The SMILES string of the molecule is O=c1c(O)c(-c2ccc(N3CCOCCOCCOCCOCC3)cc2)oc2ccccc12. The first-order valence-electron chi connectivity index (χ1n) is 11.2. The molecule has 2 heterocycles. The monoisotopic (exact) mass is 455 g/mol. The van der Waals surface area contributed by atoms with Crippen LogP contribution in [0.4, 0.5) is 5.69 Å². The van der Waals surface area contributed by atoms with Crippen LogP contribution in [-0.2, 0) is 18.9 Å². The number of para-hydroxylation sites is 1. The molecule has 0 saturated carbocycles. The van der Waals surface area contributed by atoms with Crippen molar-refractivity contribution in [1.29, 1.82) is 0 Å². The number of anilines is 1. The van der Waals surface area contributed by atoms with E-state index in [0.717, 1.165) is 5.69 Å². The molecule has 33 heavy (non-hydrogen) atoms. The molecule has 176 valence electrons. The minimum Gasteiger partial charge on any atom is -0.502 e. The van der Waals surface area contributed by atoms with Crippen LogP contribution in [-0.4, -0.2) is 71.1 Å². The molecule has 0 aliphatic carbocycles. The predicted molar refractivity (Wildman–Crippen MR) is 125 cm³/mol. The summed E-state index contributed by atoms with van der Waals surface area (Å²) in [6.45, 7) is 5.73. The number of hydrogen-bond acceptors (Lipinski definition) is 8. The van der Waals surface area contributed by atoms with Crippen molar-refractivity contribution >= 4 is 16.7 Å². The van der Waals surface area contributed by atoms with Crippen molar-refractivity contribution in [2.75, 3.05) is 70.8 Å². The van der Waals surface area contributed by atoms with E-state index in [-0.39, 0.29) is 11.5 Å². The molecule has 0 amide bonds. The van der Waals surface area contributed by atoms with Gasteiger partial charge in [0.15, 0.2) is 5.76 Å². The van der Waals surface area contributed by atoms with E-state index in [1.54, 1.807) is 24.3 Å².